The van der Waals surface area contributed by atoms with Crippen molar-refractivity contribution in [3.63, 3.8) is 0 Å². The summed E-state index contributed by atoms with van der Waals surface area (Å²) in [6.07, 6.45) is 0. The van der Waals surface area contributed by atoms with Gasteiger partial charge in [-0.25, -0.2) is 4.98 Å². The van der Waals surface area contributed by atoms with Crippen LogP contribution in [0.15, 0.2) is 54.1 Å². The van der Waals surface area contributed by atoms with Gasteiger partial charge in [0.1, 0.15) is 5.76 Å². The molecule has 1 fully saturated rings. The zero-order valence-corrected chi connectivity index (χ0v) is 21.3. The normalized spacial score (nSPS) is 16.5. The number of Topliss-reactive ketones (excluding diaryl/α,β-unsaturated/α-hetero) is 2. The van der Waals surface area contributed by atoms with E-state index in [0.717, 1.165) is 29.4 Å². The van der Waals surface area contributed by atoms with E-state index in [2.05, 4.69) is 4.98 Å². The van der Waals surface area contributed by atoms with Gasteiger partial charge in [-0.1, -0.05) is 71.0 Å². The van der Waals surface area contributed by atoms with Gasteiger partial charge >= 0.3 is 5.91 Å². The number of ketones is 2. The molecule has 8 nitrogen and oxygen atoms in total. The summed E-state index contributed by atoms with van der Waals surface area (Å²) < 4.78 is 0. The van der Waals surface area contributed by atoms with Gasteiger partial charge < -0.3 is 10.2 Å². The summed E-state index contributed by atoms with van der Waals surface area (Å²) >= 11 is 1.07. The lowest BCUT2D eigenvalue weighted by Crippen LogP contribution is -2.29. The zero-order chi connectivity index (χ0) is 26.7. The number of aryl methyl sites for hydroxylation is 3. The number of aliphatic hydroxyl groups is 1. The van der Waals surface area contributed by atoms with Crippen LogP contribution in [0.2, 0.25) is 0 Å². The fourth-order valence-electron chi connectivity index (χ4n) is 3.77. The van der Waals surface area contributed by atoms with Gasteiger partial charge in [0, 0.05) is 19.4 Å². The van der Waals surface area contributed by atoms with E-state index in [-0.39, 0.29) is 22.2 Å². The first-order valence-electron chi connectivity index (χ1n) is 11.0. The third-order valence-electron chi connectivity index (χ3n) is 5.47. The van der Waals surface area contributed by atoms with E-state index in [0.29, 0.717) is 21.7 Å². The number of aliphatic hydroxyl groups excluding tert-OH is 1. The van der Waals surface area contributed by atoms with E-state index in [1.54, 1.807) is 19.1 Å². The monoisotopic (exact) mass is 506 g/mol. The van der Waals surface area contributed by atoms with Crippen molar-refractivity contribution >= 4 is 45.7 Å². The van der Waals surface area contributed by atoms with Crippen molar-refractivity contribution in [3.05, 3.63) is 86.9 Å². The van der Waals surface area contributed by atoms with E-state index < -0.39 is 23.7 Å². The van der Waals surface area contributed by atoms with Crippen molar-refractivity contribution in [2.45, 2.75) is 40.7 Å². The Balaban J connectivity index is 0.000000840. The first kappa shape index (κ1) is 26.5. The number of rotatable bonds is 4. The van der Waals surface area contributed by atoms with Gasteiger partial charge in [0.2, 0.25) is 0 Å². The molecule has 0 saturated carbocycles. The lowest BCUT2D eigenvalue weighted by atomic mass is 9.94. The second kappa shape index (κ2) is 10.7. The first-order valence-corrected chi connectivity index (χ1v) is 11.9. The van der Waals surface area contributed by atoms with Crippen LogP contribution >= 0.6 is 11.3 Å². The molecule has 9 heteroatoms. The Morgan fingerprint density at radius 2 is 1.39 bits per heavy atom. The molecule has 1 saturated heterocycles. The molecule has 4 rings (SSSR count). The quantitative estimate of drug-likeness (QED) is 0.221. The highest BCUT2D eigenvalue weighted by molar-refractivity contribution is 7.18. The fourth-order valence-corrected chi connectivity index (χ4v) is 4.76. The number of aromatic nitrogens is 1. The van der Waals surface area contributed by atoms with Gasteiger partial charge in [-0.3, -0.25) is 24.1 Å². The van der Waals surface area contributed by atoms with Crippen molar-refractivity contribution < 1.29 is 29.4 Å². The van der Waals surface area contributed by atoms with Crippen LogP contribution < -0.4 is 4.90 Å². The van der Waals surface area contributed by atoms with Crippen molar-refractivity contribution in [1.82, 2.24) is 4.98 Å². The highest BCUT2D eigenvalue weighted by Gasteiger charge is 2.48. The zero-order valence-electron chi connectivity index (χ0n) is 20.5. The summed E-state index contributed by atoms with van der Waals surface area (Å²) in [5, 5.41) is 18.8. The van der Waals surface area contributed by atoms with Crippen molar-refractivity contribution in [2.24, 2.45) is 0 Å². The largest absolute Gasteiger partial charge is 0.507 e. The topological polar surface area (TPSA) is 125 Å². The molecule has 1 unspecified atom stereocenters. The van der Waals surface area contributed by atoms with Crippen LogP contribution in [0.25, 0.3) is 5.76 Å². The van der Waals surface area contributed by atoms with Crippen molar-refractivity contribution in [1.29, 1.82) is 0 Å². The highest BCUT2D eigenvalue weighted by Crippen LogP contribution is 2.43. The summed E-state index contributed by atoms with van der Waals surface area (Å²) in [6.45, 7) is 8.08. The van der Waals surface area contributed by atoms with Gasteiger partial charge in [-0.05, 0) is 26.3 Å². The minimum absolute atomic E-state index is 0.0000609. The summed E-state index contributed by atoms with van der Waals surface area (Å²) in [7, 11) is 0. The molecule has 3 aromatic rings. The summed E-state index contributed by atoms with van der Waals surface area (Å²) in [5.41, 5.74) is 3.65. The number of carbonyl (C=O) groups excluding carboxylic acids is 3. The molecule has 1 aliphatic heterocycles. The van der Waals surface area contributed by atoms with Crippen LogP contribution in [0, 0.1) is 20.8 Å². The third-order valence-corrected chi connectivity index (χ3v) is 6.73. The minimum Gasteiger partial charge on any atom is -0.507 e. The molecule has 1 amide bonds. The van der Waals surface area contributed by atoms with Crippen LogP contribution in [-0.4, -0.2) is 38.6 Å². The molecule has 36 heavy (non-hydrogen) atoms. The summed E-state index contributed by atoms with van der Waals surface area (Å²) in [4.78, 5) is 53.4. The average Bonchev–Trinajstić information content (AvgIpc) is 3.31. The van der Waals surface area contributed by atoms with Crippen LogP contribution in [0.3, 0.4) is 0 Å². The van der Waals surface area contributed by atoms with Crippen molar-refractivity contribution in [3.8, 4) is 0 Å². The van der Waals surface area contributed by atoms with E-state index in [9.17, 15) is 19.5 Å². The number of amides is 1. The van der Waals surface area contributed by atoms with Gasteiger partial charge in [0.25, 0.3) is 11.8 Å². The highest BCUT2D eigenvalue weighted by atomic mass is 32.1. The number of hydrogen-bond donors (Lipinski definition) is 2. The molecule has 2 heterocycles. The minimum atomic E-state index is -0.859. The second-order valence-electron chi connectivity index (χ2n) is 8.43. The Bertz CT molecular complexity index is 1370. The number of benzene rings is 2. The van der Waals surface area contributed by atoms with Gasteiger partial charge in [0.15, 0.2) is 10.9 Å². The molecule has 2 N–H and O–H groups in total. The predicted octanol–water partition coefficient (Wildman–Crippen LogP) is 4.99. The molecule has 1 atom stereocenters. The fraction of sp³-hybridized carbons (Fsp3) is 0.222. The third kappa shape index (κ3) is 5.41. The molecule has 1 aliphatic rings. The number of carbonyl (C=O) groups is 4. The standard InChI is InChI=1S/C25H22N2O4S.C2H4O2/c1-13-5-9-17(10-6-13)20-19(21(29)18-11-7-14(2)8-12-18)22(30)24(31)27(20)25-26-15(3)23(32-25)16(4)28;1-2(3)4/h5-12,20,29H,1-4H3;1H3,(H,3,4)/b21-19+;. The smallest absolute Gasteiger partial charge is 0.301 e. The lowest BCUT2D eigenvalue weighted by Gasteiger charge is -2.23. The Morgan fingerprint density at radius 1 is 0.889 bits per heavy atom. The first-order chi connectivity index (χ1) is 16.9. The van der Waals surface area contributed by atoms with Crippen LogP contribution in [0.4, 0.5) is 5.13 Å². The van der Waals surface area contributed by atoms with Gasteiger partial charge in [0.05, 0.1) is 22.2 Å². The second-order valence-corrected chi connectivity index (χ2v) is 9.41. The van der Waals surface area contributed by atoms with E-state index in [4.69, 9.17) is 9.90 Å². The van der Waals surface area contributed by atoms with Crippen LogP contribution in [-0.2, 0) is 14.4 Å². The Labute approximate surface area is 212 Å². The van der Waals surface area contributed by atoms with E-state index >= 15 is 0 Å². The number of carboxylic acid groups (broad SMARTS) is 1. The van der Waals surface area contributed by atoms with E-state index in [1.807, 2.05) is 50.2 Å². The van der Waals surface area contributed by atoms with Gasteiger partial charge in [-0.2, -0.15) is 0 Å². The molecule has 186 valence electrons. The number of anilines is 1. The molecule has 2 aromatic carbocycles. The number of aliphatic carboxylic acids is 1. The lowest BCUT2D eigenvalue weighted by molar-refractivity contribution is -0.134. The Kier molecular flexibility index (Phi) is 7.84. The van der Waals surface area contributed by atoms with Gasteiger partial charge in [-0.15, -0.1) is 0 Å². The molecule has 0 bridgehead atoms. The van der Waals surface area contributed by atoms with Crippen LogP contribution in [0.5, 0.6) is 0 Å². The molecule has 0 radical (unpaired) electrons. The predicted molar refractivity (Wildman–Crippen MR) is 137 cm³/mol. The Morgan fingerprint density at radius 3 is 1.86 bits per heavy atom. The molecular weight excluding hydrogens is 480 g/mol. The summed E-state index contributed by atoms with van der Waals surface area (Å²) in [6, 6.07) is 13.6. The maximum absolute atomic E-state index is 13.2. The molecule has 0 aliphatic carbocycles. The van der Waals surface area contributed by atoms with E-state index in [1.165, 1.54) is 11.8 Å². The average molecular weight is 507 g/mol. The maximum atomic E-state index is 13.2. The number of nitrogens with zero attached hydrogens (tertiary/aromatic N) is 2. The van der Waals surface area contributed by atoms with Crippen LogP contribution in [0.1, 0.15) is 57.5 Å². The Hall–Kier alpha value is -4.11. The maximum Gasteiger partial charge on any atom is 0.301 e. The molecular formula is C27H26N2O6S. The SMILES string of the molecule is CC(=O)O.CC(=O)c1sc(N2C(=O)C(=O)/C(=C(/O)c3ccc(C)cc3)C2c2ccc(C)cc2)nc1C. The number of carboxylic acids is 1. The molecule has 1 aromatic heterocycles. The van der Waals surface area contributed by atoms with Crippen molar-refractivity contribution in [2.75, 3.05) is 4.90 Å². The number of thiazole rings is 1. The summed E-state index contributed by atoms with van der Waals surface area (Å²) in [5.74, 6) is -2.80. The number of hydrogen-bond acceptors (Lipinski definition) is 7. The molecule has 0 spiro atoms.